The van der Waals surface area contributed by atoms with Gasteiger partial charge in [0.2, 0.25) is 5.91 Å². The summed E-state index contributed by atoms with van der Waals surface area (Å²) in [5, 5.41) is 2.67. The van der Waals surface area contributed by atoms with Crippen molar-refractivity contribution in [1.29, 1.82) is 0 Å². The molecule has 1 saturated heterocycles. The van der Waals surface area contributed by atoms with Crippen LogP contribution in [0.2, 0.25) is 0 Å². The van der Waals surface area contributed by atoms with Gasteiger partial charge in [-0.2, -0.15) is 0 Å². The van der Waals surface area contributed by atoms with Gasteiger partial charge in [0, 0.05) is 19.2 Å². The normalized spacial score (nSPS) is 17.6. The van der Waals surface area contributed by atoms with Crippen molar-refractivity contribution in [2.45, 2.75) is 32.5 Å². The average molecular weight is 371 g/mol. The molecule has 1 aliphatic heterocycles. The molecule has 2 aromatic rings. The minimum atomic E-state index is -0.949. The van der Waals surface area contributed by atoms with E-state index in [0.717, 1.165) is 0 Å². The van der Waals surface area contributed by atoms with Crippen molar-refractivity contribution in [3.8, 4) is 0 Å². The number of aromatic nitrogens is 1. The quantitative estimate of drug-likeness (QED) is 0.736. The number of rotatable bonds is 7. The molecule has 27 heavy (non-hydrogen) atoms. The van der Waals surface area contributed by atoms with Crippen LogP contribution in [0.3, 0.4) is 0 Å². The molecule has 0 saturated carbocycles. The van der Waals surface area contributed by atoms with E-state index >= 15 is 0 Å². The lowest BCUT2D eigenvalue weighted by Crippen LogP contribution is -2.37. The highest BCUT2D eigenvalue weighted by molar-refractivity contribution is 5.88. The highest BCUT2D eigenvalue weighted by atomic mass is 16.5. The van der Waals surface area contributed by atoms with Crippen LogP contribution < -0.4 is 5.32 Å². The van der Waals surface area contributed by atoms with Crippen molar-refractivity contribution in [1.82, 2.24) is 15.2 Å². The molecule has 0 spiro atoms. The van der Waals surface area contributed by atoms with Crippen molar-refractivity contribution < 1.29 is 23.5 Å². The molecule has 2 aromatic heterocycles. The predicted molar refractivity (Wildman–Crippen MR) is 93.9 cm³/mol. The number of carbonyl (C=O) groups is 3. The number of ether oxygens (including phenoxy) is 1. The van der Waals surface area contributed by atoms with E-state index in [1.165, 1.54) is 13.2 Å². The third kappa shape index (κ3) is 4.93. The number of hydrogen-bond acceptors (Lipinski definition) is 6. The number of nitrogens with one attached hydrogen (secondary N) is 1. The summed E-state index contributed by atoms with van der Waals surface area (Å²) in [6.07, 6.45) is 2.29. The largest absolute Gasteiger partial charge is 0.467 e. The van der Waals surface area contributed by atoms with Crippen LogP contribution in [0.15, 0.2) is 47.2 Å². The van der Waals surface area contributed by atoms with Gasteiger partial charge in [-0.25, -0.2) is 0 Å². The van der Waals surface area contributed by atoms with Gasteiger partial charge in [0.05, 0.1) is 31.0 Å². The first-order valence-corrected chi connectivity index (χ1v) is 8.71. The first-order chi connectivity index (χ1) is 13.0. The maximum Gasteiger partial charge on any atom is 0.312 e. The maximum atomic E-state index is 12.3. The zero-order chi connectivity index (χ0) is 19.2. The van der Waals surface area contributed by atoms with Gasteiger partial charge in [-0.15, -0.1) is 0 Å². The number of likely N-dealkylation sites (tertiary alicyclic amines) is 1. The Kier molecular flexibility index (Phi) is 5.85. The predicted octanol–water partition coefficient (Wildman–Crippen LogP) is 1.27. The molecule has 142 valence electrons. The summed E-state index contributed by atoms with van der Waals surface area (Å²) in [5.74, 6) is -1.03. The molecule has 0 aromatic carbocycles. The molecule has 0 aliphatic carbocycles. The second-order valence-electron chi connectivity index (χ2n) is 6.37. The van der Waals surface area contributed by atoms with Gasteiger partial charge >= 0.3 is 5.97 Å². The molecule has 2 amide bonds. The fraction of sp³-hybridized carbons (Fsp3) is 0.368. The van der Waals surface area contributed by atoms with Crippen LogP contribution >= 0.6 is 0 Å². The molecule has 3 rings (SSSR count). The Labute approximate surface area is 156 Å². The summed E-state index contributed by atoms with van der Waals surface area (Å²) < 4.78 is 10.5. The first-order valence-electron chi connectivity index (χ1n) is 8.71. The number of hydrogen-bond donors (Lipinski definition) is 1. The minimum Gasteiger partial charge on any atom is -0.467 e. The average Bonchev–Trinajstić information content (AvgIpc) is 3.31. The topological polar surface area (TPSA) is 102 Å². The van der Waals surface area contributed by atoms with Gasteiger partial charge in [0.1, 0.15) is 5.76 Å². The number of pyridine rings is 1. The zero-order valence-corrected chi connectivity index (χ0v) is 15.0. The molecule has 8 heteroatoms. The van der Waals surface area contributed by atoms with E-state index < -0.39 is 23.9 Å². The van der Waals surface area contributed by atoms with E-state index in [0.29, 0.717) is 18.0 Å². The molecular weight excluding hydrogens is 350 g/mol. The fourth-order valence-electron chi connectivity index (χ4n) is 2.82. The molecule has 8 nitrogen and oxygen atoms in total. The Bertz CT molecular complexity index is 791. The summed E-state index contributed by atoms with van der Waals surface area (Å²) in [6.45, 7) is 2.32. The van der Waals surface area contributed by atoms with E-state index in [-0.39, 0.29) is 25.4 Å². The highest BCUT2D eigenvalue weighted by Gasteiger charge is 2.36. The van der Waals surface area contributed by atoms with E-state index in [2.05, 4.69) is 10.3 Å². The molecule has 1 aliphatic rings. The molecule has 2 atom stereocenters. The van der Waals surface area contributed by atoms with Gasteiger partial charge in [-0.3, -0.25) is 19.4 Å². The summed E-state index contributed by atoms with van der Waals surface area (Å²) in [4.78, 5) is 42.2. The third-order valence-electron chi connectivity index (χ3n) is 4.31. The van der Waals surface area contributed by atoms with Gasteiger partial charge < -0.3 is 19.4 Å². The van der Waals surface area contributed by atoms with Crippen molar-refractivity contribution in [2.24, 2.45) is 5.92 Å². The lowest BCUT2D eigenvalue weighted by atomic mass is 10.1. The lowest BCUT2D eigenvalue weighted by molar-refractivity contribution is -0.158. The second kappa shape index (κ2) is 8.48. The molecule has 0 bridgehead atoms. The smallest absolute Gasteiger partial charge is 0.312 e. The van der Waals surface area contributed by atoms with Crippen molar-refractivity contribution >= 4 is 17.8 Å². The summed E-state index contributed by atoms with van der Waals surface area (Å²) in [7, 11) is 0. The Morgan fingerprint density at radius 1 is 1.37 bits per heavy atom. The van der Waals surface area contributed by atoms with E-state index in [4.69, 9.17) is 9.15 Å². The highest BCUT2D eigenvalue weighted by Crippen LogP contribution is 2.22. The van der Waals surface area contributed by atoms with E-state index in [1.807, 2.05) is 6.07 Å². The van der Waals surface area contributed by atoms with Crippen LogP contribution in [-0.4, -0.2) is 40.3 Å². The summed E-state index contributed by atoms with van der Waals surface area (Å²) in [5.41, 5.74) is 0.708. The van der Waals surface area contributed by atoms with Crippen LogP contribution in [-0.2, 0) is 32.2 Å². The maximum absolute atomic E-state index is 12.3. The van der Waals surface area contributed by atoms with Crippen molar-refractivity contribution in [3.05, 3.63) is 54.2 Å². The Balaban J connectivity index is 1.46. The van der Waals surface area contributed by atoms with Gasteiger partial charge in [-0.1, -0.05) is 6.07 Å². The molecule has 1 fully saturated rings. The molecular formula is C19H21N3O5. The number of carbonyl (C=O) groups excluding carboxylic acids is 3. The van der Waals surface area contributed by atoms with Gasteiger partial charge in [-0.05, 0) is 31.2 Å². The molecule has 2 unspecified atom stereocenters. The number of amides is 2. The Morgan fingerprint density at radius 2 is 2.22 bits per heavy atom. The fourth-order valence-corrected chi connectivity index (χ4v) is 2.82. The minimum absolute atomic E-state index is 0.0712. The second-order valence-corrected chi connectivity index (χ2v) is 6.37. The van der Waals surface area contributed by atoms with Gasteiger partial charge in [0.25, 0.3) is 5.91 Å². The van der Waals surface area contributed by atoms with Crippen molar-refractivity contribution in [3.63, 3.8) is 0 Å². The first kappa shape index (κ1) is 18.6. The van der Waals surface area contributed by atoms with Crippen LogP contribution in [0, 0.1) is 5.92 Å². The summed E-state index contributed by atoms with van der Waals surface area (Å²) >= 11 is 0. The number of esters is 1. The Morgan fingerprint density at radius 3 is 2.93 bits per heavy atom. The molecule has 1 N–H and O–H groups in total. The Hall–Kier alpha value is -3.16. The van der Waals surface area contributed by atoms with Crippen LogP contribution in [0.4, 0.5) is 0 Å². The van der Waals surface area contributed by atoms with E-state index in [9.17, 15) is 14.4 Å². The summed E-state index contributed by atoms with van der Waals surface area (Å²) in [6, 6.07) is 8.91. The van der Waals surface area contributed by atoms with E-state index in [1.54, 1.807) is 35.4 Å². The van der Waals surface area contributed by atoms with Crippen LogP contribution in [0.1, 0.15) is 24.8 Å². The lowest BCUT2D eigenvalue weighted by Gasteiger charge is -2.17. The van der Waals surface area contributed by atoms with Crippen LogP contribution in [0.5, 0.6) is 0 Å². The zero-order valence-electron chi connectivity index (χ0n) is 15.0. The molecule has 0 radical (unpaired) electrons. The molecule has 3 heterocycles. The van der Waals surface area contributed by atoms with Crippen molar-refractivity contribution in [2.75, 3.05) is 6.54 Å². The van der Waals surface area contributed by atoms with Gasteiger partial charge in [0.15, 0.2) is 6.10 Å². The monoisotopic (exact) mass is 371 g/mol. The number of nitrogens with zero attached hydrogens (tertiary/aromatic N) is 2. The standard InChI is InChI=1S/C19H21N3O5/c1-13(18(24)21-10-15-5-2-3-7-20-15)27-19(25)14-9-17(23)22(11-14)12-16-6-4-8-26-16/h2-8,13-14H,9-12H2,1H3,(H,21,24). The number of furan rings is 1. The van der Waals surface area contributed by atoms with Crippen LogP contribution in [0.25, 0.3) is 0 Å². The third-order valence-corrected chi connectivity index (χ3v) is 4.31. The SMILES string of the molecule is CC(OC(=O)C1CC(=O)N(Cc2ccco2)C1)C(=O)NCc1ccccn1.